The highest BCUT2D eigenvalue weighted by atomic mass is 35.5. The molecule has 42 heavy (non-hydrogen) atoms. The summed E-state index contributed by atoms with van der Waals surface area (Å²) in [6.45, 7) is 1.08. The monoisotopic (exact) mass is 618 g/mol. The van der Waals surface area contributed by atoms with Gasteiger partial charge < -0.3 is 30.1 Å². The minimum absolute atomic E-state index is 0.0573. The van der Waals surface area contributed by atoms with Crippen molar-refractivity contribution < 1.29 is 41.7 Å². The molecule has 0 bridgehead atoms. The molecule has 0 radical (unpaired) electrons. The number of carbonyl (C=O) groups excluding carboxylic acids is 1. The van der Waals surface area contributed by atoms with Gasteiger partial charge in [-0.1, -0.05) is 17.7 Å². The number of methoxy groups -OCH3 is 1. The van der Waals surface area contributed by atoms with Crippen LogP contribution in [0.4, 0.5) is 23.4 Å². The molecule has 0 spiro atoms. The third-order valence-electron chi connectivity index (χ3n) is 6.83. The van der Waals surface area contributed by atoms with E-state index in [9.17, 15) is 32.3 Å². The van der Waals surface area contributed by atoms with E-state index in [1.54, 1.807) is 0 Å². The fraction of sp³-hybridized carbons (Fsp3) is 0.536. The molecule has 3 rings (SSSR count). The highest BCUT2D eigenvalue weighted by molar-refractivity contribution is 6.34. The molecule has 0 saturated heterocycles. The van der Waals surface area contributed by atoms with Gasteiger partial charge in [0.15, 0.2) is 0 Å². The number of hydrogen-bond donors (Lipinski definition) is 3. The number of hydrogen-bond acceptors (Lipinski definition) is 7. The van der Waals surface area contributed by atoms with Crippen LogP contribution in [0.15, 0.2) is 30.3 Å². The molecular weight excluding hydrogens is 584 g/mol. The fourth-order valence-corrected chi connectivity index (χ4v) is 4.80. The lowest BCUT2D eigenvalue weighted by molar-refractivity contribution is -0.274. The van der Waals surface area contributed by atoms with Gasteiger partial charge in [-0.2, -0.15) is 0 Å². The maximum absolute atomic E-state index is 13.4. The Hall–Kier alpha value is -3.16. The number of alkyl halides is 4. The summed E-state index contributed by atoms with van der Waals surface area (Å²) in [7, 11) is 1.39. The molecular formula is C28H35ClF4N4O5. The Balaban J connectivity index is 1.58. The summed E-state index contributed by atoms with van der Waals surface area (Å²) in [6, 6.07) is 5.50. The largest absolute Gasteiger partial charge is 0.573 e. The van der Waals surface area contributed by atoms with E-state index in [1.807, 2.05) is 11.0 Å². The van der Waals surface area contributed by atoms with Crippen molar-refractivity contribution in [3.05, 3.63) is 52.2 Å². The number of benzene rings is 1. The van der Waals surface area contributed by atoms with E-state index in [0.29, 0.717) is 6.54 Å². The molecule has 2 heterocycles. The predicted octanol–water partition coefficient (Wildman–Crippen LogP) is 4.87. The van der Waals surface area contributed by atoms with Crippen molar-refractivity contribution in [1.29, 1.82) is 0 Å². The molecule has 2 aromatic rings. The first-order chi connectivity index (χ1) is 20.0. The highest BCUT2D eigenvalue weighted by Gasteiger charge is 2.32. The lowest BCUT2D eigenvalue weighted by atomic mass is 10.1. The second-order valence-electron chi connectivity index (χ2n) is 9.95. The molecule has 14 heteroatoms. The molecule has 0 fully saturated rings. The first kappa shape index (κ1) is 33.3. The molecule has 232 valence electrons. The molecule has 1 aliphatic rings. The third kappa shape index (κ3) is 10.6. The number of carboxylic acid groups (broad SMARTS) is 1. The molecule has 1 aliphatic heterocycles. The van der Waals surface area contributed by atoms with Crippen LogP contribution in [-0.2, 0) is 22.4 Å². The van der Waals surface area contributed by atoms with Crippen molar-refractivity contribution in [1.82, 2.24) is 15.2 Å². The second-order valence-corrected chi connectivity index (χ2v) is 10.4. The Kier molecular flexibility index (Phi) is 12.6. The van der Waals surface area contributed by atoms with Crippen LogP contribution in [0.1, 0.15) is 47.3 Å². The average Bonchev–Trinajstić information content (AvgIpc) is 2.95. The van der Waals surface area contributed by atoms with Crippen LogP contribution in [0.5, 0.6) is 5.75 Å². The van der Waals surface area contributed by atoms with Crippen LogP contribution in [-0.4, -0.2) is 85.3 Å². The third-order valence-corrected chi connectivity index (χ3v) is 7.16. The minimum Gasteiger partial charge on any atom is -0.480 e. The zero-order valence-electron chi connectivity index (χ0n) is 23.2. The smallest absolute Gasteiger partial charge is 0.480 e. The SMILES string of the molecule is COC(CF)CN(CCCCc1ccc2c(n1)NCCC2)CCC(NC(=O)c1cc(OC(F)(F)F)ccc1Cl)C(=O)O. The summed E-state index contributed by atoms with van der Waals surface area (Å²) in [5.74, 6) is -2.07. The normalized spacial score (nSPS) is 14.5. The number of amides is 1. The molecule has 1 aromatic heterocycles. The van der Waals surface area contributed by atoms with Gasteiger partial charge in [0.05, 0.1) is 16.7 Å². The van der Waals surface area contributed by atoms with Gasteiger partial charge in [0.25, 0.3) is 5.91 Å². The summed E-state index contributed by atoms with van der Waals surface area (Å²) in [4.78, 5) is 31.3. The maximum Gasteiger partial charge on any atom is 0.573 e. The molecule has 9 nitrogen and oxygen atoms in total. The van der Waals surface area contributed by atoms with Gasteiger partial charge in [-0.3, -0.25) is 4.79 Å². The Labute approximate surface area is 246 Å². The minimum atomic E-state index is -4.98. The van der Waals surface area contributed by atoms with Crippen molar-refractivity contribution in [2.24, 2.45) is 0 Å². The topological polar surface area (TPSA) is 113 Å². The van der Waals surface area contributed by atoms with Crippen molar-refractivity contribution in [2.75, 3.05) is 45.3 Å². The number of halogens is 5. The lowest BCUT2D eigenvalue weighted by Crippen LogP contribution is -2.44. The molecule has 0 aliphatic carbocycles. The summed E-state index contributed by atoms with van der Waals surface area (Å²) in [6.07, 6.45) is -1.42. The first-order valence-electron chi connectivity index (χ1n) is 13.6. The summed E-state index contributed by atoms with van der Waals surface area (Å²) < 4.78 is 60.2. The van der Waals surface area contributed by atoms with Gasteiger partial charge in [-0.25, -0.2) is 14.2 Å². The van der Waals surface area contributed by atoms with Crippen molar-refractivity contribution >= 4 is 29.3 Å². The highest BCUT2D eigenvalue weighted by Crippen LogP contribution is 2.27. The molecule has 1 aromatic carbocycles. The van der Waals surface area contributed by atoms with Crippen LogP contribution in [0.2, 0.25) is 5.02 Å². The number of carbonyl (C=O) groups is 2. The number of aromatic nitrogens is 1. The number of carboxylic acids is 1. The summed E-state index contributed by atoms with van der Waals surface area (Å²) >= 11 is 5.98. The number of ether oxygens (including phenoxy) is 2. The van der Waals surface area contributed by atoms with Crippen molar-refractivity contribution in [2.45, 2.75) is 57.0 Å². The van der Waals surface area contributed by atoms with Gasteiger partial charge in [0, 0.05) is 32.4 Å². The molecule has 2 atom stereocenters. The summed E-state index contributed by atoms with van der Waals surface area (Å²) in [5.41, 5.74) is 1.80. The second kappa shape index (κ2) is 15.9. The van der Waals surface area contributed by atoms with Gasteiger partial charge in [-0.15, -0.1) is 13.2 Å². The predicted molar refractivity (Wildman–Crippen MR) is 149 cm³/mol. The molecule has 3 N–H and O–H groups in total. The number of aliphatic carboxylic acids is 1. The van der Waals surface area contributed by atoms with E-state index in [2.05, 4.69) is 21.4 Å². The van der Waals surface area contributed by atoms with Crippen LogP contribution in [0, 0.1) is 0 Å². The van der Waals surface area contributed by atoms with Crippen LogP contribution < -0.4 is 15.4 Å². The Bertz CT molecular complexity index is 1200. The number of unbranched alkanes of at least 4 members (excludes halogenated alkanes) is 1. The Morgan fingerprint density at radius 3 is 2.69 bits per heavy atom. The molecule has 0 saturated carbocycles. The zero-order valence-corrected chi connectivity index (χ0v) is 23.9. The Morgan fingerprint density at radius 1 is 1.21 bits per heavy atom. The molecule has 1 amide bonds. The number of anilines is 1. The lowest BCUT2D eigenvalue weighted by Gasteiger charge is -2.27. The number of aryl methyl sites for hydroxylation is 2. The van der Waals surface area contributed by atoms with E-state index >= 15 is 0 Å². The van der Waals surface area contributed by atoms with Gasteiger partial charge in [0.1, 0.15) is 24.3 Å². The number of fused-ring (bicyclic) bond motifs is 1. The van der Waals surface area contributed by atoms with E-state index in [1.165, 1.54) is 12.7 Å². The number of rotatable bonds is 16. The van der Waals surface area contributed by atoms with Crippen LogP contribution >= 0.6 is 11.6 Å². The maximum atomic E-state index is 13.4. The summed E-state index contributed by atoms with van der Waals surface area (Å²) in [5, 5.41) is 15.2. The van der Waals surface area contributed by atoms with E-state index in [-0.39, 0.29) is 30.1 Å². The van der Waals surface area contributed by atoms with Crippen LogP contribution in [0.3, 0.4) is 0 Å². The fourth-order valence-electron chi connectivity index (χ4n) is 4.60. The number of nitrogens with one attached hydrogen (secondary N) is 2. The number of pyridine rings is 1. The van der Waals surface area contributed by atoms with Gasteiger partial charge in [0.2, 0.25) is 0 Å². The average molecular weight is 619 g/mol. The quantitative estimate of drug-likeness (QED) is 0.180. The van der Waals surface area contributed by atoms with Crippen molar-refractivity contribution in [3.8, 4) is 5.75 Å². The number of nitrogens with zero attached hydrogens (tertiary/aromatic N) is 2. The first-order valence-corrected chi connectivity index (χ1v) is 14.0. The molecule has 2 unspecified atom stereocenters. The zero-order chi connectivity index (χ0) is 30.7. The van der Waals surface area contributed by atoms with Crippen LogP contribution in [0.25, 0.3) is 0 Å². The van der Waals surface area contributed by atoms with Gasteiger partial charge >= 0.3 is 12.3 Å². The standard InChI is InChI=1S/C28H35ClF4N4O5/c1-41-21(16-30)17-37(13-3-2-6-19-8-7-18-5-4-12-34-25(18)35-19)14-11-24(27(39)40)36-26(38)22-15-20(9-10-23(22)29)42-28(31,32)33/h7-10,15,21,24H,2-6,11-14,16-17H2,1H3,(H,34,35)(H,36,38)(H,39,40). The van der Waals surface area contributed by atoms with Gasteiger partial charge in [-0.05, 0) is 74.9 Å². The van der Waals surface area contributed by atoms with E-state index in [0.717, 1.165) is 68.4 Å². The Morgan fingerprint density at radius 2 is 2.00 bits per heavy atom. The van der Waals surface area contributed by atoms with Crippen molar-refractivity contribution in [3.63, 3.8) is 0 Å². The van der Waals surface area contributed by atoms with E-state index in [4.69, 9.17) is 21.3 Å². The van der Waals surface area contributed by atoms with E-state index < -0.39 is 42.8 Å².